The van der Waals surface area contributed by atoms with Gasteiger partial charge in [-0.3, -0.25) is 14.8 Å². The fourth-order valence-electron chi connectivity index (χ4n) is 1.69. The number of nitrogens with zero attached hydrogens (tertiary/aromatic N) is 3. The second-order valence-corrected chi connectivity index (χ2v) is 4.81. The van der Waals surface area contributed by atoms with Gasteiger partial charge < -0.3 is 5.32 Å². The Morgan fingerprint density at radius 2 is 2.39 bits per heavy atom. The standard InChI is InChI=1S/C11H14N4O2S/c1-3-9-10(6-14(2)13-9)12-5-8-4-11(15(16)17)18-7-8/h4,6-7,12H,3,5H2,1-2H3. The third-order valence-electron chi connectivity index (χ3n) is 2.54. The van der Waals surface area contributed by atoms with Crippen molar-refractivity contribution in [3.63, 3.8) is 0 Å². The number of nitrogens with one attached hydrogen (secondary N) is 1. The molecule has 0 aliphatic heterocycles. The van der Waals surface area contributed by atoms with Crippen molar-refractivity contribution in [2.45, 2.75) is 19.9 Å². The Morgan fingerprint density at radius 1 is 1.61 bits per heavy atom. The van der Waals surface area contributed by atoms with Crippen molar-refractivity contribution in [2.75, 3.05) is 5.32 Å². The summed E-state index contributed by atoms with van der Waals surface area (Å²) < 4.78 is 1.76. The molecule has 7 heteroatoms. The molecule has 18 heavy (non-hydrogen) atoms. The molecule has 0 unspecified atom stereocenters. The summed E-state index contributed by atoms with van der Waals surface area (Å²) in [7, 11) is 1.87. The van der Waals surface area contributed by atoms with E-state index in [4.69, 9.17) is 0 Å². The first-order chi connectivity index (χ1) is 8.60. The third kappa shape index (κ3) is 2.67. The fourth-order valence-corrected chi connectivity index (χ4v) is 2.42. The first-order valence-electron chi connectivity index (χ1n) is 5.58. The highest BCUT2D eigenvalue weighted by Gasteiger charge is 2.10. The lowest BCUT2D eigenvalue weighted by Gasteiger charge is -2.02. The Balaban J connectivity index is 2.04. The van der Waals surface area contributed by atoms with Crippen LogP contribution in [0.15, 0.2) is 17.6 Å². The Morgan fingerprint density at radius 3 is 3.00 bits per heavy atom. The van der Waals surface area contributed by atoms with Crippen molar-refractivity contribution in [1.29, 1.82) is 0 Å². The van der Waals surface area contributed by atoms with E-state index < -0.39 is 0 Å². The molecular formula is C11H14N4O2S. The summed E-state index contributed by atoms with van der Waals surface area (Å²) in [6.07, 6.45) is 2.77. The smallest absolute Gasteiger partial charge is 0.324 e. The minimum atomic E-state index is -0.365. The van der Waals surface area contributed by atoms with Gasteiger partial charge in [-0.2, -0.15) is 5.10 Å². The van der Waals surface area contributed by atoms with Gasteiger partial charge in [0.1, 0.15) is 0 Å². The van der Waals surface area contributed by atoms with Crippen molar-refractivity contribution in [1.82, 2.24) is 9.78 Å². The van der Waals surface area contributed by atoms with Crippen LogP contribution in [0.3, 0.4) is 0 Å². The molecule has 0 aliphatic carbocycles. The van der Waals surface area contributed by atoms with E-state index in [1.54, 1.807) is 16.1 Å². The topological polar surface area (TPSA) is 73.0 Å². The fraction of sp³-hybridized carbons (Fsp3) is 0.364. The average Bonchev–Trinajstić information content (AvgIpc) is 2.92. The lowest BCUT2D eigenvalue weighted by atomic mass is 10.3. The molecule has 0 bridgehead atoms. The van der Waals surface area contributed by atoms with Gasteiger partial charge in [0, 0.05) is 31.2 Å². The molecule has 2 aromatic rings. The van der Waals surface area contributed by atoms with Crippen LogP contribution >= 0.6 is 11.3 Å². The van der Waals surface area contributed by atoms with Crippen LogP contribution in [0.4, 0.5) is 10.7 Å². The highest BCUT2D eigenvalue weighted by molar-refractivity contribution is 7.13. The van der Waals surface area contributed by atoms with Crippen molar-refractivity contribution in [3.05, 3.63) is 39.0 Å². The lowest BCUT2D eigenvalue weighted by molar-refractivity contribution is -0.380. The van der Waals surface area contributed by atoms with Crippen LogP contribution in [-0.4, -0.2) is 14.7 Å². The minimum absolute atomic E-state index is 0.175. The summed E-state index contributed by atoms with van der Waals surface area (Å²) in [4.78, 5) is 10.2. The second kappa shape index (κ2) is 5.18. The Bertz CT molecular complexity index is 561. The van der Waals surface area contributed by atoms with Crippen LogP contribution in [0.1, 0.15) is 18.2 Å². The van der Waals surface area contributed by atoms with Gasteiger partial charge in [-0.05, 0) is 12.0 Å². The van der Waals surface area contributed by atoms with Gasteiger partial charge in [0.2, 0.25) is 0 Å². The number of anilines is 1. The first kappa shape index (κ1) is 12.6. The predicted octanol–water partition coefficient (Wildman–Crippen LogP) is 2.56. The molecule has 0 radical (unpaired) electrons. The van der Waals surface area contributed by atoms with E-state index in [0.29, 0.717) is 6.54 Å². The van der Waals surface area contributed by atoms with Gasteiger partial charge in [0.05, 0.1) is 16.3 Å². The molecule has 0 aliphatic rings. The molecule has 2 aromatic heterocycles. The molecular weight excluding hydrogens is 252 g/mol. The Kier molecular flexibility index (Phi) is 3.61. The van der Waals surface area contributed by atoms with E-state index >= 15 is 0 Å². The SMILES string of the molecule is CCc1nn(C)cc1NCc1csc([N+](=O)[O-])c1. The summed E-state index contributed by atoms with van der Waals surface area (Å²) in [6.45, 7) is 2.62. The molecule has 1 N–H and O–H groups in total. The molecule has 2 rings (SSSR count). The maximum Gasteiger partial charge on any atom is 0.324 e. The first-order valence-corrected chi connectivity index (χ1v) is 6.46. The number of aryl methyl sites for hydroxylation is 2. The molecule has 0 aromatic carbocycles. The normalized spacial score (nSPS) is 10.6. The van der Waals surface area contributed by atoms with Crippen molar-refractivity contribution < 1.29 is 4.92 Å². The summed E-state index contributed by atoms with van der Waals surface area (Å²) >= 11 is 1.15. The van der Waals surface area contributed by atoms with Crippen LogP contribution in [-0.2, 0) is 20.0 Å². The molecule has 96 valence electrons. The lowest BCUT2D eigenvalue weighted by Crippen LogP contribution is -1.99. The number of nitro groups is 1. The van der Waals surface area contributed by atoms with Crippen LogP contribution < -0.4 is 5.32 Å². The number of hydrogen-bond acceptors (Lipinski definition) is 5. The number of thiophene rings is 1. The van der Waals surface area contributed by atoms with E-state index in [1.807, 2.05) is 20.2 Å². The largest absolute Gasteiger partial charge is 0.378 e. The zero-order valence-corrected chi connectivity index (χ0v) is 11.0. The molecule has 0 saturated carbocycles. The monoisotopic (exact) mass is 266 g/mol. The molecule has 2 heterocycles. The van der Waals surface area contributed by atoms with Crippen LogP contribution in [0.25, 0.3) is 0 Å². The molecule has 0 amide bonds. The highest BCUT2D eigenvalue weighted by Crippen LogP contribution is 2.23. The van der Waals surface area contributed by atoms with Crippen LogP contribution in [0.5, 0.6) is 0 Å². The second-order valence-electron chi connectivity index (χ2n) is 3.92. The maximum absolute atomic E-state index is 10.6. The summed E-state index contributed by atoms with van der Waals surface area (Å²) in [5.41, 5.74) is 2.90. The predicted molar refractivity (Wildman–Crippen MR) is 70.9 cm³/mol. The van der Waals surface area contributed by atoms with E-state index in [1.165, 1.54) is 0 Å². The molecule has 0 spiro atoms. The van der Waals surface area contributed by atoms with Gasteiger partial charge >= 0.3 is 5.00 Å². The quantitative estimate of drug-likeness (QED) is 0.666. The zero-order valence-electron chi connectivity index (χ0n) is 10.2. The van der Waals surface area contributed by atoms with Gasteiger partial charge in [-0.15, -0.1) is 0 Å². The zero-order chi connectivity index (χ0) is 13.1. The average molecular weight is 266 g/mol. The van der Waals surface area contributed by atoms with Gasteiger partial charge in [-0.1, -0.05) is 18.3 Å². The number of rotatable bonds is 5. The Hall–Kier alpha value is -1.89. The van der Waals surface area contributed by atoms with E-state index in [2.05, 4.69) is 10.4 Å². The highest BCUT2D eigenvalue weighted by atomic mass is 32.1. The Labute approximate surface area is 108 Å². The number of hydrogen-bond donors (Lipinski definition) is 1. The third-order valence-corrected chi connectivity index (χ3v) is 3.47. The summed E-state index contributed by atoms with van der Waals surface area (Å²) in [5.74, 6) is 0. The van der Waals surface area contributed by atoms with Gasteiger partial charge in [-0.25, -0.2) is 0 Å². The van der Waals surface area contributed by atoms with E-state index in [0.717, 1.165) is 34.7 Å². The van der Waals surface area contributed by atoms with Gasteiger partial charge in [0.25, 0.3) is 0 Å². The van der Waals surface area contributed by atoms with Crippen molar-refractivity contribution >= 4 is 22.0 Å². The number of aromatic nitrogens is 2. The summed E-state index contributed by atoms with van der Waals surface area (Å²) in [6, 6.07) is 1.60. The van der Waals surface area contributed by atoms with E-state index in [-0.39, 0.29) is 9.92 Å². The molecule has 0 fully saturated rings. The van der Waals surface area contributed by atoms with E-state index in [9.17, 15) is 10.1 Å². The molecule has 6 nitrogen and oxygen atoms in total. The maximum atomic E-state index is 10.6. The van der Waals surface area contributed by atoms with Crippen molar-refractivity contribution in [2.24, 2.45) is 7.05 Å². The summed E-state index contributed by atoms with van der Waals surface area (Å²) in [5, 5.41) is 20.1. The van der Waals surface area contributed by atoms with Gasteiger partial charge in [0.15, 0.2) is 0 Å². The molecule has 0 atom stereocenters. The van der Waals surface area contributed by atoms with Crippen LogP contribution in [0, 0.1) is 10.1 Å². The molecule has 0 saturated heterocycles. The van der Waals surface area contributed by atoms with Crippen LogP contribution in [0.2, 0.25) is 0 Å². The minimum Gasteiger partial charge on any atom is -0.378 e. The van der Waals surface area contributed by atoms with Crippen molar-refractivity contribution in [3.8, 4) is 0 Å².